The van der Waals surface area contributed by atoms with Gasteiger partial charge in [0, 0.05) is 0 Å². The van der Waals surface area contributed by atoms with Gasteiger partial charge in [-0.25, -0.2) is 8.78 Å². The van der Waals surface area contributed by atoms with Crippen LogP contribution in [0.4, 0.5) is 8.78 Å². The topological polar surface area (TPSA) is 15.3 Å². The highest BCUT2D eigenvalue weighted by molar-refractivity contribution is 4.78. The molecule has 0 amide bonds. The molecule has 0 bridgehead atoms. The van der Waals surface area contributed by atoms with Gasteiger partial charge in [-0.2, -0.15) is 0 Å². The van der Waals surface area contributed by atoms with Crippen molar-refractivity contribution in [1.82, 2.24) is 10.2 Å². The zero-order valence-corrected chi connectivity index (χ0v) is 9.80. The molecule has 4 heteroatoms. The lowest BCUT2D eigenvalue weighted by atomic mass is 9.87. The zero-order valence-electron chi connectivity index (χ0n) is 9.80. The maximum atomic E-state index is 12.2. The minimum absolute atomic E-state index is 0.0285. The molecule has 2 aliphatic rings. The molecule has 0 aromatic heterocycles. The predicted octanol–water partition coefficient (Wildman–Crippen LogP) is 1.96. The number of likely N-dealkylation sites (tertiary alicyclic amines) is 1. The van der Waals surface area contributed by atoms with E-state index in [1.165, 1.54) is 25.9 Å². The van der Waals surface area contributed by atoms with Crippen molar-refractivity contribution in [2.24, 2.45) is 11.8 Å². The fourth-order valence-electron chi connectivity index (χ4n) is 2.68. The van der Waals surface area contributed by atoms with Gasteiger partial charge < -0.3 is 5.32 Å². The molecule has 0 aliphatic carbocycles. The number of piperidine rings is 1. The summed E-state index contributed by atoms with van der Waals surface area (Å²) in [5, 5.41) is 3.29. The van der Waals surface area contributed by atoms with Gasteiger partial charge in [0.1, 0.15) is 0 Å². The lowest BCUT2D eigenvalue weighted by molar-refractivity contribution is 0.0669. The molecule has 0 aromatic rings. The molecule has 0 spiro atoms. The summed E-state index contributed by atoms with van der Waals surface area (Å²) in [6.45, 7) is 4.09. The van der Waals surface area contributed by atoms with E-state index in [1.54, 1.807) is 0 Å². The molecule has 0 saturated carbocycles. The summed E-state index contributed by atoms with van der Waals surface area (Å²) < 4.78 is 24.4. The average molecular weight is 232 g/mol. The van der Waals surface area contributed by atoms with Crippen LogP contribution in [0, 0.1) is 11.8 Å². The summed E-state index contributed by atoms with van der Waals surface area (Å²) in [7, 11) is 0. The molecule has 0 atom stereocenters. The molecule has 0 unspecified atom stereocenters. The molecular formula is C12H22F2N2. The molecule has 0 aromatic carbocycles. The van der Waals surface area contributed by atoms with Crippen LogP contribution in [0.5, 0.6) is 0 Å². The van der Waals surface area contributed by atoms with Crippen molar-refractivity contribution < 1.29 is 8.78 Å². The van der Waals surface area contributed by atoms with Gasteiger partial charge in [-0.15, -0.1) is 0 Å². The summed E-state index contributed by atoms with van der Waals surface area (Å²) in [5.74, 6) is 1.67. The van der Waals surface area contributed by atoms with Crippen molar-refractivity contribution in [2.45, 2.75) is 32.1 Å². The van der Waals surface area contributed by atoms with E-state index >= 15 is 0 Å². The number of nitrogens with one attached hydrogen (secondary N) is 1. The Hall–Kier alpha value is -0.220. The first-order valence-electron chi connectivity index (χ1n) is 6.45. The lowest BCUT2D eigenvalue weighted by Crippen LogP contribution is -2.42. The van der Waals surface area contributed by atoms with Gasteiger partial charge in [0.25, 0.3) is 6.43 Å². The van der Waals surface area contributed by atoms with Crippen molar-refractivity contribution >= 4 is 0 Å². The van der Waals surface area contributed by atoms with Gasteiger partial charge in [0.05, 0.1) is 6.54 Å². The molecule has 2 aliphatic heterocycles. The van der Waals surface area contributed by atoms with Crippen LogP contribution in [0.2, 0.25) is 0 Å². The Morgan fingerprint density at radius 1 is 1.06 bits per heavy atom. The van der Waals surface area contributed by atoms with Crippen LogP contribution in [0.1, 0.15) is 25.7 Å². The van der Waals surface area contributed by atoms with Crippen molar-refractivity contribution in [3.8, 4) is 0 Å². The predicted molar refractivity (Wildman–Crippen MR) is 60.8 cm³/mol. The van der Waals surface area contributed by atoms with Crippen molar-refractivity contribution in [3.05, 3.63) is 0 Å². The number of rotatable bonds is 5. The van der Waals surface area contributed by atoms with E-state index in [0.717, 1.165) is 37.8 Å². The Balaban J connectivity index is 1.57. The number of alkyl halides is 2. The molecule has 0 radical (unpaired) electrons. The second kappa shape index (κ2) is 5.92. The molecule has 2 heterocycles. The first kappa shape index (κ1) is 12.2. The maximum absolute atomic E-state index is 12.2. The largest absolute Gasteiger partial charge is 0.316 e. The SMILES string of the molecule is FC(F)CN1CCC(CCC2CNC2)CC1. The standard InChI is InChI=1S/C12H22F2N2/c13-12(14)9-16-5-3-10(4-6-16)1-2-11-7-15-8-11/h10-12,15H,1-9H2. The summed E-state index contributed by atoms with van der Waals surface area (Å²) in [6, 6.07) is 0. The quantitative estimate of drug-likeness (QED) is 0.779. The van der Waals surface area contributed by atoms with E-state index in [1.807, 2.05) is 4.90 Å². The Morgan fingerprint density at radius 3 is 2.19 bits per heavy atom. The highest BCUT2D eigenvalue weighted by Crippen LogP contribution is 2.25. The normalized spacial score (nSPS) is 24.9. The third kappa shape index (κ3) is 3.67. The molecule has 2 saturated heterocycles. The maximum Gasteiger partial charge on any atom is 0.251 e. The fraction of sp³-hybridized carbons (Fsp3) is 1.00. The van der Waals surface area contributed by atoms with E-state index in [0.29, 0.717) is 0 Å². The van der Waals surface area contributed by atoms with Crippen LogP contribution < -0.4 is 5.32 Å². The van der Waals surface area contributed by atoms with Crippen LogP contribution in [0.15, 0.2) is 0 Å². The summed E-state index contributed by atoms with van der Waals surface area (Å²) in [4.78, 5) is 1.91. The van der Waals surface area contributed by atoms with Gasteiger partial charge >= 0.3 is 0 Å². The highest BCUT2D eigenvalue weighted by atomic mass is 19.3. The van der Waals surface area contributed by atoms with Crippen molar-refractivity contribution in [2.75, 3.05) is 32.7 Å². The van der Waals surface area contributed by atoms with Crippen molar-refractivity contribution in [1.29, 1.82) is 0 Å². The van der Waals surface area contributed by atoms with Gasteiger partial charge in [0.15, 0.2) is 0 Å². The second-order valence-corrected chi connectivity index (χ2v) is 5.24. The third-order valence-corrected chi connectivity index (χ3v) is 3.95. The lowest BCUT2D eigenvalue weighted by Gasteiger charge is -2.33. The Kier molecular flexibility index (Phi) is 4.53. The number of hydrogen-bond acceptors (Lipinski definition) is 2. The van der Waals surface area contributed by atoms with E-state index in [9.17, 15) is 8.78 Å². The van der Waals surface area contributed by atoms with E-state index in [2.05, 4.69) is 5.32 Å². The second-order valence-electron chi connectivity index (χ2n) is 5.24. The summed E-state index contributed by atoms with van der Waals surface area (Å²) in [6.07, 6.45) is 2.69. The van der Waals surface area contributed by atoms with Crippen molar-refractivity contribution in [3.63, 3.8) is 0 Å². The molecule has 2 fully saturated rings. The van der Waals surface area contributed by atoms with Crippen LogP contribution in [-0.4, -0.2) is 44.0 Å². The first-order chi connectivity index (χ1) is 7.74. The van der Waals surface area contributed by atoms with Gasteiger partial charge in [-0.1, -0.05) is 0 Å². The zero-order chi connectivity index (χ0) is 11.4. The average Bonchev–Trinajstić information content (AvgIpc) is 2.17. The molecule has 2 rings (SSSR count). The molecule has 1 N–H and O–H groups in total. The van der Waals surface area contributed by atoms with Gasteiger partial charge in [-0.05, 0) is 63.7 Å². The van der Waals surface area contributed by atoms with Crippen LogP contribution in [-0.2, 0) is 0 Å². The monoisotopic (exact) mass is 232 g/mol. The molecule has 94 valence electrons. The Labute approximate surface area is 96.4 Å². The molecule has 2 nitrogen and oxygen atoms in total. The minimum Gasteiger partial charge on any atom is -0.316 e. The van der Waals surface area contributed by atoms with Crippen LogP contribution >= 0.6 is 0 Å². The van der Waals surface area contributed by atoms with E-state index in [-0.39, 0.29) is 6.54 Å². The van der Waals surface area contributed by atoms with Crippen LogP contribution in [0.25, 0.3) is 0 Å². The smallest absolute Gasteiger partial charge is 0.251 e. The molecular weight excluding hydrogens is 210 g/mol. The number of nitrogens with zero attached hydrogens (tertiary/aromatic N) is 1. The van der Waals surface area contributed by atoms with E-state index in [4.69, 9.17) is 0 Å². The summed E-state index contributed by atoms with van der Waals surface area (Å²) >= 11 is 0. The third-order valence-electron chi connectivity index (χ3n) is 3.95. The Bertz CT molecular complexity index is 199. The van der Waals surface area contributed by atoms with Gasteiger partial charge in [0.2, 0.25) is 0 Å². The van der Waals surface area contributed by atoms with Crippen LogP contribution in [0.3, 0.4) is 0 Å². The summed E-state index contributed by atoms with van der Waals surface area (Å²) in [5.41, 5.74) is 0. The molecule has 16 heavy (non-hydrogen) atoms. The van der Waals surface area contributed by atoms with E-state index < -0.39 is 6.43 Å². The number of halogens is 2. The Morgan fingerprint density at radius 2 is 1.69 bits per heavy atom. The van der Waals surface area contributed by atoms with Gasteiger partial charge in [-0.3, -0.25) is 4.90 Å². The minimum atomic E-state index is -2.17. The first-order valence-corrected chi connectivity index (χ1v) is 6.45. The number of hydrogen-bond donors (Lipinski definition) is 1. The fourth-order valence-corrected chi connectivity index (χ4v) is 2.68. The highest BCUT2D eigenvalue weighted by Gasteiger charge is 2.23.